The summed E-state index contributed by atoms with van der Waals surface area (Å²) in [5.74, 6) is 0.987. The maximum Gasteiger partial charge on any atom is 0.255 e. The molecule has 8 nitrogen and oxygen atoms in total. The molecule has 2 N–H and O–H groups in total. The molecule has 0 saturated heterocycles. The molecule has 0 spiro atoms. The number of anilines is 3. The van der Waals surface area contributed by atoms with Crippen LogP contribution in [0.3, 0.4) is 0 Å². The zero-order valence-corrected chi connectivity index (χ0v) is 20.6. The first-order chi connectivity index (χ1) is 17.6. The minimum absolute atomic E-state index is 0.215. The Balaban J connectivity index is 1.53. The molecule has 3 heterocycles. The highest BCUT2D eigenvalue weighted by molar-refractivity contribution is 6.05. The van der Waals surface area contributed by atoms with Gasteiger partial charge in [-0.1, -0.05) is 30.3 Å². The Kier molecular flexibility index (Phi) is 6.49. The first-order valence-corrected chi connectivity index (χ1v) is 12.1. The van der Waals surface area contributed by atoms with E-state index in [-0.39, 0.29) is 5.91 Å². The van der Waals surface area contributed by atoms with E-state index in [1.807, 2.05) is 55.5 Å². The second kappa shape index (κ2) is 10.0. The smallest absolute Gasteiger partial charge is 0.255 e. The van der Waals surface area contributed by atoms with Gasteiger partial charge in [0.05, 0.1) is 17.5 Å². The van der Waals surface area contributed by atoms with Crippen LogP contribution in [-0.4, -0.2) is 38.7 Å². The molecular formula is C28H29N7O. The normalized spacial score (nSPS) is 14.7. The predicted molar refractivity (Wildman–Crippen MR) is 143 cm³/mol. The van der Waals surface area contributed by atoms with Crippen molar-refractivity contribution in [3.63, 3.8) is 0 Å². The summed E-state index contributed by atoms with van der Waals surface area (Å²) in [7, 11) is 0. The largest absolute Gasteiger partial charge is 0.372 e. The summed E-state index contributed by atoms with van der Waals surface area (Å²) in [6, 6.07) is 21.4. The van der Waals surface area contributed by atoms with Crippen LogP contribution in [0.1, 0.15) is 32.4 Å². The fourth-order valence-electron chi connectivity index (χ4n) is 4.56. The number of benzene rings is 2. The standard InChI is InChI=1S/C28H29N7O/c1-4-34(5-2)23-15-13-21(14-16-23)26-32-28-30-19(3)24(27(36)31-22-12-9-17-29-18-22)25(35(28)33-26)20-10-7-6-8-11-20/h6-18,25H,4-5H2,1-3H3,(H,31,36)(H,30,32,33). The van der Waals surface area contributed by atoms with Gasteiger partial charge in [0.2, 0.25) is 5.95 Å². The van der Waals surface area contributed by atoms with Gasteiger partial charge in [-0.05, 0) is 62.7 Å². The third-order valence-corrected chi connectivity index (χ3v) is 6.39. The van der Waals surface area contributed by atoms with Crippen LogP contribution in [0, 0.1) is 0 Å². The summed E-state index contributed by atoms with van der Waals surface area (Å²) in [5, 5.41) is 11.1. The number of hydrogen-bond acceptors (Lipinski definition) is 6. The highest BCUT2D eigenvalue weighted by Gasteiger charge is 2.34. The summed E-state index contributed by atoms with van der Waals surface area (Å²) < 4.78 is 1.80. The van der Waals surface area contributed by atoms with Crippen LogP contribution in [0.4, 0.5) is 17.3 Å². The summed E-state index contributed by atoms with van der Waals surface area (Å²) in [4.78, 5) is 24.7. The monoisotopic (exact) mass is 479 g/mol. The highest BCUT2D eigenvalue weighted by atomic mass is 16.1. The average Bonchev–Trinajstić information content (AvgIpc) is 3.33. The van der Waals surface area contributed by atoms with Gasteiger partial charge >= 0.3 is 0 Å². The Morgan fingerprint density at radius 1 is 1.03 bits per heavy atom. The van der Waals surface area contributed by atoms with E-state index in [4.69, 9.17) is 10.1 Å². The lowest BCUT2D eigenvalue weighted by Crippen LogP contribution is -2.31. The van der Waals surface area contributed by atoms with E-state index < -0.39 is 6.04 Å². The molecule has 1 unspecified atom stereocenters. The number of pyridine rings is 1. The lowest BCUT2D eigenvalue weighted by Gasteiger charge is -2.28. The van der Waals surface area contributed by atoms with Crippen molar-refractivity contribution in [2.75, 3.05) is 28.6 Å². The van der Waals surface area contributed by atoms with Crippen molar-refractivity contribution in [2.24, 2.45) is 0 Å². The summed E-state index contributed by atoms with van der Waals surface area (Å²) >= 11 is 0. The predicted octanol–water partition coefficient (Wildman–Crippen LogP) is 5.11. The molecule has 1 aliphatic rings. The van der Waals surface area contributed by atoms with Gasteiger partial charge in [-0.2, -0.15) is 4.98 Å². The number of allylic oxidation sites excluding steroid dienone is 1. The molecule has 0 saturated carbocycles. The first-order valence-electron chi connectivity index (χ1n) is 12.1. The molecule has 36 heavy (non-hydrogen) atoms. The molecule has 0 bridgehead atoms. The Morgan fingerprint density at radius 2 is 1.78 bits per heavy atom. The van der Waals surface area contributed by atoms with Gasteiger partial charge in [-0.15, -0.1) is 5.10 Å². The second-order valence-electron chi connectivity index (χ2n) is 8.60. The van der Waals surface area contributed by atoms with E-state index in [1.165, 1.54) is 5.69 Å². The van der Waals surface area contributed by atoms with Crippen LogP contribution in [0.2, 0.25) is 0 Å². The van der Waals surface area contributed by atoms with Crippen LogP contribution >= 0.6 is 0 Å². The molecule has 2 aromatic heterocycles. The fourth-order valence-corrected chi connectivity index (χ4v) is 4.56. The van der Waals surface area contributed by atoms with E-state index >= 15 is 0 Å². The molecule has 1 amide bonds. The van der Waals surface area contributed by atoms with Crippen LogP contribution in [0.5, 0.6) is 0 Å². The molecule has 0 aliphatic carbocycles. The van der Waals surface area contributed by atoms with E-state index in [1.54, 1.807) is 23.1 Å². The molecule has 4 aromatic rings. The number of amides is 1. The molecule has 2 aromatic carbocycles. The number of carbonyl (C=O) groups is 1. The van der Waals surface area contributed by atoms with Gasteiger partial charge in [-0.3, -0.25) is 9.78 Å². The van der Waals surface area contributed by atoms with Crippen LogP contribution < -0.4 is 15.5 Å². The van der Waals surface area contributed by atoms with E-state index in [9.17, 15) is 4.79 Å². The maximum absolute atomic E-state index is 13.5. The number of carbonyl (C=O) groups excluding carboxylic acids is 1. The highest BCUT2D eigenvalue weighted by Crippen LogP contribution is 2.37. The van der Waals surface area contributed by atoms with Crippen molar-refractivity contribution < 1.29 is 4.79 Å². The van der Waals surface area contributed by atoms with Crippen molar-refractivity contribution in [1.29, 1.82) is 0 Å². The molecular weight excluding hydrogens is 450 g/mol. The van der Waals surface area contributed by atoms with Gasteiger partial charge < -0.3 is 15.5 Å². The number of aromatic nitrogens is 4. The third kappa shape index (κ3) is 4.45. The Bertz CT molecular complexity index is 1370. The quantitative estimate of drug-likeness (QED) is 0.383. The molecule has 182 valence electrons. The number of nitrogens with zero attached hydrogens (tertiary/aromatic N) is 5. The lowest BCUT2D eigenvalue weighted by molar-refractivity contribution is -0.113. The van der Waals surface area contributed by atoms with E-state index in [2.05, 4.69) is 46.5 Å². The molecule has 8 heteroatoms. The van der Waals surface area contributed by atoms with E-state index in [0.717, 1.165) is 29.9 Å². The summed E-state index contributed by atoms with van der Waals surface area (Å²) in [5.41, 5.74) is 4.97. The van der Waals surface area contributed by atoms with E-state index in [0.29, 0.717) is 23.0 Å². The van der Waals surface area contributed by atoms with Gasteiger partial charge in [0, 0.05) is 36.2 Å². The topological polar surface area (TPSA) is 88.0 Å². The summed E-state index contributed by atoms with van der Waals surface area (Å²) in [6.45, 7) is 8.09. The van der Waals surface area contributed by atoms with Crippen LogP contribution in [0.25, 0.3) is 11.4 Å². The molecule has 1 atom stereocenters. The van der Waals surface area contributed by atoms with Crippen molar-refractivity contribution >= 4 is 23.2 Å². The molecule has 0 radical (unpaired) electrons. The number of fused-ring (bicyclic) bond motifs is 1. The zero-order chi connectivity index (χ0) is 25.1. The van der Waals surface area contributed by atoms with Crippen molar-refractivity contribution in [1.82, 2.24) is 19.7 Å². The van der Waals surface area contributed by atoms with Gasteiger partial charge in [0.15, 0.2) is 5.82 Å². The minimum atomic E-state index is -0.435. The number of rotatable bonds is 7. The SMILES string of the molecule is CCN(CC)c1ccc(-c2nc3n(n2)C(c2ccccc2)C(C(=O)Nc2cccnc2)=C(C)N3)cc1. The zero-order valence-electron chi connectivity index (χ0n) is 20.6. The van der Waals surface area contributed by atoms with Crippen molar-refractivity contribution in [3.05, 3.63) is 96.0 Å². The third-order valence-electron chi connectivity index (χ3n) is 6.39. The first kappa shape index (κ1) is 23.3. The average molecular weight is 480 g/mol. The number of hydrogen-bond donors (Lipinski definition) is 2. The Labute approximate surface area is 210 Å². The van der Waals surface area contributed by atoms with Gasteiger partial charge in [0.25, 0.3) is 5.91 Å². The van der Waals surface area contributed by atoms with Crippen LogP contribution in [-0.2, 0) is 4.79 Å². The van der Waals surface area contributed by atoms with Crippen LogP contribution in [0.15, 0.2) is 90.4 Å². The van der Waals surface area contributed by atoms with Gasteiger partial charge in [-0.25, -0.2) is 4.68 Å². The molecule has 5 rings (SSSR count). The summed E-state index contributed by atoms with van der Waals surface area (Å²) in [6.07, 6.45) is 3.30. The van der Waals surface area contributed by atoms with Crippen molar-refractivity contribution in [3.8, 4) is 11.4 Å². The minimum Gasteiger partial charge on any atom is -0.372 e. The fraction of sp³-hybridized carbons (Fsp3) is 0.214. The van der Waals surface area contributed by atoms with Gasteiger partial charge in [0.1, 0.15) is 6.04 Å². The Hall–Kier alpha value is -4.46. The maximum atomic E-state index is 13.5. The molecule has 0 fully saturated rings. The molecule has 1 aliphatic heterocycles. The van der Waals surface area contributed by atoms with Crippen molar-refractivity contribution in [2.45, 2.75) is 26.8 Å². The number of nitrogens with one attached hydrogen (secondary N) is 2. The second-order valence-corrected chi connectivity index (χ2v) is 8.60. The Morgan fingerprint density at radius 3 is 2.44 bits per heavy atom. The lowest BCUT2D eigenvalue weighted by atomic mass is 9.95.